The fraction of sp³-hybridized carbons (Fsp3) is 0.250. The van der Waals surface area contributed by atoms with E-state index in [9.17, 15) is 15.2 Å². The molecule has 0 bridgehead atoms. The highest BCUT2D eigenvalue weighted by Crippen LogP contribution is 2.39. The van der Waals surface area contributed by atoms with Crippen LogP contribution >= 0.6 is 0 Å². The third kappa shape index (κ3) is 3.35. The number of aliphatic hydroxyl groups is 1. The van der Waals surface area contributed by atoms with Gasteiger partial charge in [-0.25, -0.2) is 0 Å². The summed E-state index contributed by atoms with van der Waals surface area (Å²) in [4.78, 5) is 10.7. The first-order valence-electron chi connectivity index (χ1n) is 6.74. The molecule has 7 heteroatoms. The molecule has 0 aliphatic heterocycles. The summed E-state index contributed by atoms with van der Waals surface area (Å²) in [6, 6.07) is 9.27. The number of nitro groups is 1. The van der Waals surface area contributed by atoms with E-state index >= 15 is 0 Å². The number of methoxy groups -OCH3 is 3. The second-order valence-corrected chi connectivity index (χ2v) is 4.70. The summed E-state index contributed by atoms with van der Waals surface area (Å²) in [7, 11) is 4.35. The van der Waals surface area contributed by atoms with Gasteiger partial charge in [-0.3, -0.25) is 10.1 Å². The Morgan fingerprint density at radius 1 is 1.00 bits per heavy atom. The number of ether oxygens (including phenoxy) is 3. The minimum atomic E-state index is -1.18. The first kappa shape index (κ1) is 16.6. The van der Waals surface area contributed by atoms with Crippen molar-refractivity contribution in [1.29, 1.82) is 0 Å². The first-order chi connectivity index (χ1) is 11.0. The average molecular weight is 319 g/mol. The van der Waals surface area contributed by atoms with E-state index in [1.54, 1.807) is 24.3 Å². The summed E-state index contributed by atoms with van der Waals surface area (Å²) in [5.74, 6) is 1.16. The van der Waals surface area contributed by atoms with Gasteiger partial charge in [-0.15, -0.1) is 0 Å². The quantitative estimate of drug-likeness (QED) is 0.650. The van der Waals surface area contributed by atoms with Gasteiger partial charge < -0.3 is 19.3 Å². The van der Waals surface area contributed by atoms with Crippen LogP contribution in [0.25, 0.3) is 0 Å². The van der Waals surface area contributed by atoms with Crippen molar-refractivity contribution in [3.05, 3.63) is 57.6 Å². The highest BCUT2D eigenvalue weighted by atomic mass is 16.6. The normalized spacial score (nSPS) is 11.7. The highest BCUT2D eigenvalue weighted by molar-refractivity contribution is 5.56. The molecule has 0 aliphatic rings. The molecule has 0 spiro atoms. The van der Waals surface area contributed by atoms with Crippen LogP contribution in [0.3, 0.4) is 0 Å². The number of hydrogen-bond acceptors (Lipinski definition) is 6. The van der Waals surface area contributed by atoms with E-state index in [4.69, 9.17) is 14.2 Å². The lowest BCUT2D eigenvalue weighted by atomic mass is 9.99. The van der Waals surface area contributed by atoms with Crippen LogP contribution in [0.1, 0.15) is 17.2 Å². The average Bonchev–Trinajstić information content (AvgIpc) is 2.59. The van der Waals surface area contributed by atoms with Gasteiger partial charge in [0.25, 0.3) is 5.69 Å². The summed E-state index contributed by atoms with van der Waals surface area (Å²) < 4.78 is 15.3. The van der Waals surface area contributed by atoms with Crippen LogP contribution in [-0.4, -0.2) is 31.4 Å². The molecule has 0 heterocycles. The number of benzene rings is 2. The first-order valence-corrected chi connectivity index (χ1v) is 6.74. The second kappa shape index (κ2) is 6.97. The van der Waals surface area contributed by atoms with Crippen LogP contribution in [0.5, 0.6) is 17.2 Å². The van der Waals surface area contributed by atoms with Crippen molar-refractivity contribution in [2.75, 3.05) is 21.3 Å². The largest absolute Gasteiger partial charge is 0.497 e. The van der Waals surface area contributed by atoms with Crippen LogP contribution in [0.2, 0.25) is 0 Å². The molecule has 122 valence electrons. The minimum Gasteiger partial charge on any atom is -0.497 e. The van der Waals surface area contributed by atoms with Crippen molar-refractivity contribution in [2.24, 2.45) is 0 Å². The van der Waals surface area contributed by atoms with E-state index in [2.05, 4.69) is 0 Å². The molecule has 0 saturated carbocycles. The standard InChI is InChI=1S/C16H17NO6/c1-21-11-6-4-10(5-7-11)16(18)12-8-14(22-2)15(23-3)9-13(12)17(19)20/h4-9,16,18H,1-3H3. The predicted molar refractivity (Wildman–Crippen MR) is 83.3 cm³/mol. The summed E-state index contributed by atoms with van der Waals surface area (Å²) in [6.45, 7) is 0. The van der Waals surface area contributed by atoms with Crippen LogP contribution < -0.4 is 14.2 Å². The summed E-state index contributed by atoms with van der Waals surface area (Å²) in [5, 5.41) is 21.8. The third-order valence-corrected chi connectivity index (χ3v) is 3.46. The van der Waals surface area contributed by atoms with Gasteiger partial charge >= 0.3 is 0 Å². The molecule has 2 aromatic rings. The lowest BCUT2D eigenvalue weighted by molar-refractivity contribution is -0.386. The predicted octanol–water partition coefficient (Wildman–Crippen LogP) is 2.70. The Balaban J connectivity index is 2.52. The van der Waals surface area contributed by atoms with E-state index in [0.29, 0.717) is 17.1 Å². The molecule has 0 saturated heterocycles. The Kier molecular flexibility index (Phi) is 5.02. The summed E-state index contributed by atoms with van der Waals surface area (Å²) in [6.07, 6.45) is -1.18. The Morgan fingerprint density at radius 3 is 2.04 bits per heavy atom. The zero-order valence-corrected chi connectivity index (χ0v) is 13.0. The van der Waals surface area contributed by atoms with Crippen molar-refractivity contribution in [3.63, 3.8) is 0 Å². The molecule has 7 nitrogen and oxygen atoms in total. The minimum absolute atomic E-state index is 0.123. The molecule has 0 fully saturated rings. The number of nitro benzene ring substituents is 1. The van der Waals surface area contributed by atoms with Gasteiger partial charge in [0, 0.05) is 0 Å². The molecule has 0 aliphatic carbocycles. The number of rotatable bonds is 6. The molecule has 1 atom stereocenters. The van der Waals surface area contributed by atoms with E-state index in [1.807, 2.05) is 0 Å². The van der Waals surface area contributed by atoms with E-state index in [0.717, 1.165) is 0 Å². The van der Waals surface area contributed by atoms with Crippen LogP contribution in [0.4, 0.5) is 5.69 Å². The SMILES string of the molecule is COc1ccc(C(O)c2cc(OC)c(OC)cc2[N+](=O)[O-])cc1. The Labute approximate surface area is 133 Å². The fourth-order valence-electron chi connectivity index (χ4n) is 2.23. The molecular weight excluding hydrogens is 302 g/mol. The van der Waals surface area contributed by atoms with Gasteiger partial charge in [-0.05, 0) is 23.8 Å². The van der Waals surface area contributed by atoms with Crippen molar-refractivity contribution in [1.82, 2.24) is 0 Å². The van der Waals surface area contributed by atoms with E-state index < -0.39 is 11.0 Å². The zero-order valence-electron chi connectivity index (χ0n) is 13.0. The molecule has 1 unspecified atom stereocenters. The van der Waals surface area contributed by atoms with Gasteiger partial charge in [-0.1, -0.05) is 12.1 Å². The van der Waals surface area contributed by atoms with Gasteiger partial charge in [0.05, 0.1) is 37.9 Å². The van der Waals surface area contributed by atoms with Gasteiger partial charge in [-0.2, -0.15) is 0 Å². The maximum Gasteiger partial charge on any atom is 0.279 e. The summed E-state index contributed by atoms with van der Waals surface area (Å²) in [5.41, 5.74) is 0.380. The molecule has 23 heavy (non-hydrogen) atoms. The Bertz CT molecular complexity index is 698. The van der Waals surface area contributed by atoms with Crippen molar-refractivity contribution in [2.45, 2.75) is 6.10 Å². The fourth-order valence-corrected chi connectivity index (χ4v) is 2.23. The molecule has 2 rings (SSSR count). The van der Waals surface area contributed by atoms with E-state index in [1.165, 1.54) is 33.5 Å². The zero-order chi connectivity index (χ0) is 17.0. The van der Waals surface area contributed by atoms with Crippen LogP contribution in [0, 0.1) is 10.1 Å². The van der Waals surface area contributed by atoms with Crippen molar-refractivity contribution < 1.29 is 24.2 Å². The van der Waals surface area contributed by atoms with Gasteiger partial charge in [0.2, 0.25) is 0 Å². The Morgan fingerprint density at radius 2 is 1.57 bits per heavy atom. The third-order valence-electron chi connectivity index (χ3n) is 3.46. The molecule has 0 radical (unpaired) electrons. The smallest absolute Gasteiger partial charge is 0.279 e. The maximum absolute atomic E-state index is 11.3. The number of aliphatic hydroxyl groups excluding tert-OH is 1. The topological polar surface area (TPSA) is 91.1 Å². The summed E-state index contributed by atoms with van der Waals surface area (Å²) >= 11 is 0. The Hall–Kier alpha value is -2.80. The van der Waals surface area contributed by atoms with Gasteiger partial charge in [0.15, 0.2) is 11.5 Å². The lowest BCUT2D eigenvalue weighted by Crippen LogP contribution is -2.05. The molecule has 2 aromatic carbocycles. The second-order valence-electron chi connectivity index (χ2n) is 4.70. The molecular formula is C16H17NO6. The molecule has 0 amide bonds. The maximum atomic E-state index is 11.3. The molecule has 0 aromatic heterocycles. The van der Waals surface area contributed by atoms with Crippen LogP contribution in [0.15, 0.2) is 36.4 Å². The van der Waals surface area contributed by atoms with Crippen LogP contribution in [-0.2, 0) is 0 Å². The number of nitrogens with zero attached hydrogens (tertiary/aromatic N) is 1. The van der Waals surface area contributed by atoms with Crippen molar-refractivity contribution >= 4 is 5.69 Å². The molecule has 1 N–H and O–H groups in total. The monoisotopic (exact) mass is 319 g/mol. The number of hydrogen-bond donors (Lipinski definition) is 1. The van der Waals surface area contributed by atoms with Crippen molar-refractivity contribution in [3.8, 4) is 17.2 Å². The lowest BCUT2D eigenvalue weighted by Gasteiger charge is -2.15. The highest BCUT2D eigenvalue weighted by Gasteiger charge is 2.25. The van der Waals surface area contributed by atoms with Gasteiger partial charge in [0.1, 0.15) is 11.9 Å². The van der Waals surface area contributed by atoms with E-state index in [-0.39, 0.29) is 17.0 Å².